The van der Waals surface area contributed by atoms with E-state index in [1.54, 1.807) is 7.11 Å². The summed E-state index contributed by atoms with van der Waals surface area (Å²) in [4.78, 5) is 12.1. The number of nitrogens with two attached hydrogens (primary N) is 1. The van der Waals surface area contributed by atoms with Crippen LogP contribution >= 0.6 is 11.8 Å². The Morgan fingerprint density at radius 1 is 1.29 bits per heavy atom. The zero-order chi connectivity index (χ0) is 17.7. The number of carbonyl (C=O) groups is 1. The minimum Gasteiger partial charge on any atom is -0.497 e. The maximum absolute atomic E-state index is 12.1. The Balaban J connectivity index is 2.07. The van der Waals surface area contributed by atoms with Gasteiger partial charge >= 0.3 is 0 Å². The number of nitrogen functional groups attached to an aromatic ring is 1. The summed E-state index contributed by atoms with van der Waals surface area (Å²) >= 11 is 1.28. The number of hydrogen-bond donors (Lipinski definition) is 2. The number of thioether (sulfide) groups is 1. The highest BCUT2D eigenvalue weighted by Crippen LogP contribution is 2.25. The minimum atomic E-state index is -0.307. The molecule has 1 heterocycles. The molecule has 0 aliphatic heterocycles. The molecule has 1 unspecified atom stereocenters. The molecule has 3 N–H and O–H groups in total. The van der Waals surface area contributed by atoms with Crippen LogP contribution in [0.15, 0.2) is 29.4 Å². The third-order valence-corrected chi connectivity index (χ3v) is 4.41. The van der Waals surface area contributed by atoms with Crippen molar-refractivity contribution in [2.75, 3.05) is 19.5 Å². The van der Waals surface area contributed by atoms with Crippen LogP contribution in [-0.4, -0.2) is 39.7 Å². The van der Waals surface area contributed by atoms with Crippen LogP contribution in [0, 0.1) is 5.92 Å². The third-order valence-electron chi connectivity index (χ3n) is 3.35. The summed E-state index contributed by atoms with van der Waals surface area (Å²) in [5, 5.41) is 11.3. The number of ether oxygens (including phenoxy) is 1. The molecule has 0 aliphatic carbocycles. The maximum Gasteiger partial charge on any atom is 0.233 e. The summed E-state index contributed by atoms with van der Waals surface area (Å²) in [6.07, 6.45) is 0. The molecule has 7 nitrogen and oxygen atoms in total. The number of carbonyl (C=O) groups excluding carboxylic acids is 1. The normalized spacial score (nSPS) is 12.2. The van der Waals surface area contributed by atoms with Crippen LogP contribution < -0.4 is 15.9 Å². The predicted octanol–water partition coefficient (Wildman–Crippen LogP) is 1.92. The van der Waals surface area contributed by atoms with Gasteiger partial charge in [0.2, 0.25) is 11.1 Å². The fourth-order valence-electron chi connectivity index (χ4n) is 1.95. The van der Waals surface area contributed by atoms with Gasteiger partial charge in [0.25, 0.3) is 0 Å². The van der Waals surface area contributed by atoms with E-state index in [4.69, 9.17) is 10.6 Å². The molecule has 1 aromatic carbocycles. The highest BCUT2D eigenvalue weighted by molar-refractivity contribution is 8.00. The molecule has 2 aromatic rings. The van der Waals surface area contributed by atoms with Gasteiger partial charge in [-0.15, -0.1) is 10.2 Å². The number of rotatable bonds is 7. The Labute approximate surface area is 145 Å². The van der Waals surface area contributed by atoms with Crippen LogP contribution in [0.2, 0.25) is 0 Å². The fraction of sp³-hybridized carbons (Fsp3) is 0.438. The highest BCUT2D eigenvalue weighted by atomic mass is 32.2. The molecule has 1 aromatic heterocycles. The van der Waals surface area contributed by atoms with Crippen molar-refractivity contribution in [3.05, 3.63) is 24.3 Å². The molecule has 0 saturated heterocycles. The van der Waals surface area contributed by atoms with Gasteiger partial charge in [-0.25, -0.2) is 4.68 Å². The lowest BCUT2D eigenvalue weighted by Crippen LogP contribution is -2.33. The summed E-state index contributed by atoms with van der Waals surface area (Å²) in [6, 6.07) is 7.39. The van der Waals surface area contributed by atoms with E-state index in [1.807, 2.05) is 31.2 Å². The number of nitrogens with one attached hydrogen (secondary N) is 1. The van der Waals surface area contributed by atoms with Gasteiger partial charge in [-0.2, -0.15) is 0 Å². The predicted molar refractivity (Wildman–Crippen MR) is 95.3 cm³/mol. The SMILES string of the molecule is COc1ccc(-c2nnc(SC(C)C(=O)NCC(C)C)n2N)cc1. The van der Waals surface area contributed by atoms with Crippen molar-refractivity contribution >= 4 is 17.7 Å². The number of benzene rings is 1. The van der Waals surface area contributed by atoms with Gasteiger partial charge in [0, 0.05) is 12.1 Å². The minimum absolute atomic E-state index is 0.0392. The van der Waals surface area contributed by atoms with Crippen LogP contribution in [0.3, 0.4) is 0 Å². The van der Waals surface area contributed by atoms with Crippen molar-refractivity contribution in [1.29, 1.82) is 0 Å². The first-order valence-corrected chi connectivity index (χ1v) is 8.59. The number of hydrogen-bond acceptors (Lipinski definition) is 6. The van der Waals surface area contributed by atoms with Crippen molar-refractivity contribution in [3.63, 3.8) is 0 Å². The van der Waals surface area contributed by atoms with E-state index in [1.165, 1.54) is 16.4 Å². The van der Waals surface area contributed by atoms with Gasteiger partial charge < -0.3 is 15.9 Å². The average Bonchev–Trinajstić information content (AvgIpc) is 2.93. The Hall–Kier alpha value is -2.22. The molecule has 0 radical (unpaired) electrons. The highest BCUT2D eigenvalue weighted by Gasteiger charge is 2.19. The molecule has 0 bridgehead atoms. The number of nitrogens with zero attached hydrogens (tertiary/aromatic N) is 3. The van der Waals surface area contributed by atoms with Crippen molar-refractivity contribution in [2.24, 2.45) is 5.92 Å². The summed E-state index contributed by atoms with van der Waals surface area (Å²) < 4.78 is 6.54. The lowest BCUT2D eigenvalue weighted by molar-refractivity contribution is -0.120. The Morgan fingerprint density at radius 2 is 1.96 bits per heavy atom. The van der Waals surface area contributed by atoms with E-state index >= 15 is 0 Å². The number of aromatic nitrogens is 3. The van der Waals surface area contributed by atoms with Crippen LogP contribution in [-0.2, 0) is 4.79 Å². The number of amides is 1. The largest absolute Gasteiger partial charge is 0.497 e. The average molecular weight is 349 g/mol. The van der Waals surface area contributed by atoms with Crippen LogP contribution in [0.5, 0.6) is 5.75 Å². The molecular weight excluding hydrogens is 326 g/mol. The van der Waals surface area contributed by atoms with Gasteiger partial charge in [0.1, 0.15) is 5.75 Å². The molecule has 0 spiro atoms. The van der Waals surface area contributed by atoms with Gasteiger partial charge in [0.05, 0.1) is 12.4 Å². The van der Waals surface area contributed by atoms with Crippen LogP contribution in [0.1, 0.15) is 20.8 Å². The lowest BCUT2D eigenvalue weighted by atomic mass is 10.2. The molecule has 1 atom stereocenters. The molecule has 24 heavy (non-hydrogen) atoms. The van der Waals surface area contributed by atoms with E-state index in [-0.39, 0.29) is 11.2 Å². The second-order valence-electron chi connectivity index (χ2n) is 5.80. The van der Waals surface area contributed by atoms with Crippen molar-refractivity contribution in [3.8, 4) is 17.1 Å². The van der Waals surface area contributed by atoms with E-state index in [9.17, 15) is 4.79 Å². The lowest BCUT2D eigenvalue weighted by Gasteiger charge is -2.12. The Kier molecular flexibility index (Phi) is 6.08. The van der Waals surface area contributed by atoms with E-state index < -0.39 is 0 Å². The molecule has 0 aliphatic rings. The van der Waals surface area contributed by atoms with Gasteiger partial charge in [-0.05, 0) is 37.1 Å². The summed E-state index contributed by atoms with van der Waals surface area (Å²) in [5.41, 5.74) is 0.828. The zero-order valence-electron chi connectivity index (χ0n) is 14.3. The Bertz CT molecular complexity index is 684. The smallest absolute Gasteiger partial charge is 0.233 e. The van der Waals surface area contributed by atoms with Crippen LogP contribution in [0.4, 0.5) is 0 Å². The standard InChI is InChI=1S/C16H23N5O2S/c1-10(2)9-18-15(22)11(3)24-16-20-19-14(21(16)17)12-5-7-13(23-4)8-6-12/h5-8,10-11H,9,17H2,1-4H3,(H,18,22). The van der Waals surface area contributed by atoms with Gasteiger partial charge in [0.15, 0.2) is 5.82 Å². The molecular formula is C16H23N5O2S. The molecule has 8 heteroatoms. The second-order valence-corrected chi connectivity index (χ2v) is 7.11. The molecule has 0 saturated carbocycles. The summed E-state index contributed by atoms with van der Waals surface area (Å²) in [5.74, 6) is 7.75. The quantitative estimate of drug-likeness (QED) is 0.586. The molecule has 0 fully saturated rings. The topological polar surface area (TPSA) is 95.1 Å². The maximum atomic E-state index is 12.1. The fourth-order valence-corrected chi connectivity index (χ4v) is 2.75. The van der Waals surface area contributed by atoms with Crippen molar-refractivity contribution < 1.29 is 9.53 Å². The first kappa shape index (κ1) is 18.1. The summed E-state index contributed by atoms with van der Waals surface area (Å²) in [6.45, 7) is 6.57. The first-order chi connectivity index (χ1) is 11.4. The first-order valence-electron chi connectivity index (χ1n) is 7.71. The van der Waals surface area contributed by atoms with Crippen LogP contribution in [0.25, 0.3) is 11.4 Å². The second kappa shape index (κ2) is 8.05. The van der Waals surface area contributed by atoms with E-state index in [0.717, 1.165) is 11.3 Å². The molecule has 130 valence electrons. The monoisotopic (exact) mass is 349 g/mol. The van der Waals surface area contributed by atoms with Gasteiger partial charge in [-0.3, -0.25) is 4.79 Å². The van der Waals surface area contributed by atoms with Gasteiger partial charge in [-0.1, -0.05) is 25.6 Å². The van der Waals surface area contributed by atoms with Crippen molar-refractivity contribution in [1.82, 2.24) is 20.2 Å². The number of methoxy groups -OCH3 is 1. The van der Waals surface area contributed by atoms with E-state index in [2.05, 4.69) is 29.4 Å². The van der Waals surface area contributed by atoms with E-state index in [0.29, 0.717) is 23.4 Å². The summed E-state index contributed by atoms with van der Waals surface area (Å²) in [7, 11) is 1.61. The molecule has 1 amide bonds. The molecule has 2 rings (SSSR count). The zero-order valence-corrected chi connectivity index (χ0v) is 15.1. The Morgan fingerprint density at radius 3 is 2.54 bits per heavy atom. The van der Waals surface area contributed by atoms with Crippen molar-refractivity contribution in [2.45, 2.75) is 31.2 Å². The third kappa shape index (κ3) is 4.41.